The maximum atomic E-state index is 10.6. The smallest absolute Gasteiger partial charge is 0.320 e. The van der Waals surface area contributed by atoms with E-state index < -0.39 is 17.9 Å². The molecule has 5 nitrogen and oxygen atoms in total. The first-order valence-corrected chi connectivity index (χ1v) is 4.24. The van der Waals surface area contributed by atoms with Crippen molar-refractivity contribution in [1.29, 1.82) is 0 Å². The van der Waals surface area contributed by atoms with E-state index in [1.54, 1.807) is 0 Å². The predicted molar refractivity (Wildman–Crippen MR) is 47.8 cm³/mol. The predicted octanol–water partition coefficient (Wildman–Crippen LogP) is -0.310. The van der Waals surface area contributed by atoms with E-state index >= 15 is 0 Å². The zero-order valence-corrected chi connectivity index (χ0v) is 7.69. The van der Waals surface area contributed by atoms with Crippen LogP contribution in [0.4, 0.5) is 0 Å². The maximum absolute atomic E-state index is 10.6. The number of carbonyl (C=O) groups is 2. The number of nitrogens with two attached hydrogens (primary N) is 2. The minimum Gasteiger partial charge on any atom is -0.480 e. The molecule has 0 saturated carbocycles. The van der Waals surface area contributed by atoms with Crippen LogP contribution in [0.5, 0.6) is 0 Å². The first kappa shape index (κ1) is 11.9. The number of carbonyl (C=O) groups excluding carboxylic acids is 1. The van der Waals surface area contributed by atoms with E-state index in [0.717, 1.165) is 0 Å². The second-order valence-electron chi connectivity index (χ2n) is 3.13. The van der Waals surface area contributed by atoms with E-state index in [0.29, 0.717) is 12.8 Å². The number of hydrogen-bond acceptors (Lipinski definition) is 3. The zero-order valence-electron chi connectivity index (χ0n) is 7.69. The van der Waals surface area contributed by atoms with Gasteiger partial charge in [0.2, 0.25) is 5.91 Å². The average molecular weight is 188 g/mol. The summed E-state index contributed by atoms with van der Waals surface area (Å²) in [5, 5.41) is 8.52. The van der Waals surface area contributed by atoms with Crippen LogP contribution in [-0.4, -0.2) is 23.0 Å². The molecule has 0 aromatic carbocycles. The van der Waals surface area contributed by atoms with Gasteiger partial charge in [0, 0.05) is 6.42 Å². The van der Waals surface area contributed by atoms with E-state index in [-0.39, 0.29) is 12.3 Å². The largest absolute Gasteiger partial charge is 0.480 e. The normalized spacial score (nSPS) is 14.9. The van der Waals surface area contributed by atoms with Gasteiger partial charge in [-0.2, -0.15) is 0 Å². The lowest BCUT2D eigenvalue weighted by Crippen LogP contribution is -2.33. The first-order chi connectivity index (χ1) is 5.97. The number of aliphatic carboxylic acids is 1. The van der Waals surface area contributed by atoms with Crippen molar-refractivity contribution in [3.05, 3.63) is 0 Å². The Morgan fingerprint density at radius 1 is 1.46 bits per heavy atom. The van der Waals surface area contributed by atoms with Gasteiger partial charge < -0.3 is 16.6 Å². The Kier molecular flexibility index (Phi) is 5.06. The van der Waals surface area contributed by atoms with Gasteiger partial charge in [0.1, 0.15) is 6.04 Å². The summed E-state index contributed by atoms with van der Waals surface area (Å²) in [6, 6.07) is -0.899. The third-order valence-corrected chi connectivity index (χ3v) is 1.97. The summed E-state index contributed by atoms with van der Waals surface area (Å²) < 4.78 is 0. The van der Waals surface area contributed by atoms with Crippen molar-refractivity contribution in [2.75, 3.05) is 0 Å². The molecule has 76 valence electrons. The molecule has 5 heteroatoms. The molecule has 13 heavy (non-hydrogen) atoms. The van der Waals surface area contributed by atoms with Gasteiger partial charge in [0.25, 0.3) is 0 Å². The van der Waals surface area contributed by atoms with Gasteiger partial charge in [0.05, 0.1) is 0 Å². The molecule has 0 heterocycles. The Labute approximate surface area is 77.1 Å². The van der Waals surface area contributed by atoms with Crippen LogP contribution in [0.25, 0.3) is 0 Å². The molecule has 5 N–H and O–H groups in total. The molecule has 0 fully saturated rings. The fraction of sp³-hybridized carbons (Fsp3) is 0.750. The van der Waals surface area contributed by atoms with Crippen LogP contribution < -0.4 is 11.5 Å². The van der Waals surface area contributed by atoms with Crippen molar-refractivity contribution in [2.24, 2.45) is 17.4 Å². The molecule has 0 saturated heterocycles. The van der Waals surface area contributed by atoms with Crippen LogP contribution in [0.15, 0.2) is 0 Å². The van der Waals surface area contributed by atoms with Crippen LogP contribution in [0.2, 0.25) is 0 Å². The highest BCUT2D eigenvalue weighted by atomic mass is 16.4. The van der Waals surface area contributed by atoms with Gasteiger partial charge in [-0.3, -0.25) is 9.59 Å². The number of rotatable bonds is 6. The maximum Gasteiger partial charge on any atom is 0.320 e. The first-order valence-electron chi connectivity index (χ1n) is 4.24. The fourth-order valence-corrected chi connectivity index (χ4v) is 1.14. The summed E-state index contributed by atoms with van der Waals surface area (Å²) in [6.07, 6.45) is 1.22. The topological polar surface area (TPSA) is 106 Å². The zero-order chi connectivity index (χ0) is 10.4. The third kappa shape index (κ3) is 5.19. The van der Waals surface area contributed by atoms with Gasteiger partial charge in [-0.15, -0.1) is 0 Å². The molecule has 0 aliphatic rings. The quantitative estimate of drug-likeness (QED) is 0.531. The summed E-state index contributed by atoms with van der Waals surface area (Å²) >= 11 is 0. The number of carboxylic acid groups (broad SMARTS) is 1. The monoisotopic (exact) mass is 188 g/mol. The molecular weight excluding hydrogens is 172 g/mol. The summed E-state index contributed by atoms with van der Waals surface area (Å²) in [7, 11) is 0. The standard InChI is InChI=1S/C8H16N2O3/c1-2-5(4-7(10)11)3-6(9)8(12)13/h5-6H,2-4,9H2,1H3,(H2,10,11)(H,12,13). The van der Waals surface area contributed by atoms with Gasteiger partial charge in [-0.05, 0) is 12.3 Å². The molecule has 0 aliphatic heterocycles. The molecule has 0 rings (SSSR count). The molecule has 0 spiro atoms. The Morgan fingerprint density at radius 2 is 2.00 bits per heavy atom. The summed E-state index contributed by atoms with van der Waals surface area (Å²) in [5.74, 6) is -1.48. The summed E-state index contributed by atoms with van der Waals surface area (Å²) in [5.41, 5.74) is 10.3. The second-order valence-corrected chi connectivity index (χ2v) is 3.13. The fourth-order valence-electron chi connectivity index (χ4n) is 1.14. The highest BCUT2D eigenvalue weighted by molar-refractivity contribution is 5.75. The molecule has 2 unspecified atom stereocenters. The molecule has 0 aromatic heterocycles. The number of carboxylic acids is 1. The molecule has 2 atom stereocenters. The van der Waals surface area contributed by atoms with Crippen molar-refractivity contribution in [2.45, 2.75) is 32.2 Å². The minimum absolute atomic E-state index is 0.0244. The number of hydrogen-bond donors (Lipinski definition) is 3. The molecule has 0 bridgehead atoms. The molecular formula is C8H16N2O3. The van der Waals surface area contributed by atoms with Gasteiger partial charge in [-0.25, -0.2) is 0 Å². The lowest BCUT2D eigenvalue weighted by Gasteiger charge is -2.14. The Morgan fingerprint density at radius 3 is 2.31 bits per heavy atom. The van der Waals surface area contributed by atoms with Crippen molar-refractivity contribution < 1.29 is 14.7 Å². The van der Waals surface area contributed by atoms with Crippen molar-refractivity contribution >= 4 is 11.9 Å². The minimum atomic E-state index is -1.04. The highest BCUT2D eigenvalue weighted by Crippen LogP contribution is 2.14. The van der Waals surface area contributed by atoms with Gasteiger partial charge in [0.15, 0.2) is 0 Å². The van der Waals surface area contributed by atoms with E-state index in [1.165, 1.54) is 0 Å². The van der Waals surface area contributed by atoms with E-state index in [1.807, 2.05) is 6.92 Å². The summed E-state index contributed by atoms with van der Waals surface area (Å²) in [6.45, 7) is 1.88. The Bertz CT molecular complexity index is 194. The lowest BCUT2D eigenvalue weighted by molar-refractivity contribution is -0.139. The van der Waals surface area contributed by atoms with Crippen LogP contribution in [-0.2, 0) is 9.59 Å². The van der Waals surface area contributed by atoms with Gasteiger partial charge >= 0.3 is 5.97 Å². The van der Waals surface area contributed by atoms with Crippen LogP contribution in [0, 0.1) is 5.92 Å². The van der Waals surface area contributed by atoms with Crippen LogP contribution in [0.3, 0.4) is 0 Å². The van der Waals surface area contributed by atoms with Crippen molar-refractivity contribution in [1.82, 2.24) is 0 Å². The molecule has 0 radical (unpaired) electrons. The summed E-state index contributed by atoms with van der Waals surface area (Å²) in [4.78, 5) is 20.9. The van der Waals surface area contributed by atoms with Crippen molar-refractivity contribution in [3.8, 4) is 0 Å². The Hall–Kier alpha value is -1.10. The SMILES string of the molecule is CCC(CC(N)=O)CC(N)C(=O)O. The molecule has 0 aliphatic carbocycles. The van der Waals surface area contributed by atoms with Crippen LogP contribution >= 0.6 is 0 Å². The lowest BCUT2D eigenvalue weighted by atomic mass is 9.94. The van der Waals surface area contributed by atoms with Crippen molar-refractivity contribution in [3.63, 3.8) is 0 Å². The third-order valence-electron chi connectivity index (χ3n) is 1.97. The number of primary amides is 1. The Balaban J connectivity index is 3.97. The number of amides is 1. The molecule has 0 aromatic rings. The van der Waals surface area contributed by atoms with Gasteiger partial charge in [-0.1, -0.05) is 13.3 Å². The van der Waals surface area contributed by atoms with E-state index in [4.69, 9.17) is 16.6 Å². The van der Waals surface area contributed by atoms with Crippen LogP contribution in [0.1, 0.15) is 26.2 Å². The van der Waals surface area contributed by atoms with E-state index in [2.05, 4.69) is 0 Å². The van der Waals surface area contributed by atoms with E-state index in [9.17, 15) is 9.59 Å². The second kappa shape index (κ2) is 5.53. The molecule has 1 amide bonds. The highest BCUT2D eigenvalue weighted by Gasteiger charge is 2.18. The average Bonchev–Trinajstić information content (AvgIpc) is 2.02.